The maximum Gasteiger partial charge on any atom is 0.316 e. The minimum absolute atomic E-state index is 0.165. The third-order valence-electron chi connectivity index (χ3n) is 4.54. The molecular weight excluding hydrogens is 340 g/mol. The topological polar surface area (TPSA) is 52.6 Å². The van der Waals surface area contributed by atoms with Crippen LogP contribution in [0.25, 0.3) is 6.08 Å². The molecular formula is C23H24O4. The van der Waals surface area contributed by atoms with E-state index in [0.29, 0.717) is 22.6 Å². The molecule has 0 unspecified atom stereocenters. The Morgan fingerprint density at radius 2 is 1.78 bits per heavy atom. The molecule has 0 saturated heterocycles. The van der Waals surface area contributed by atoms with Crippen LogP contribution in [0, 0.1) is 12.3 Å². The second-order valence-electron chi connectivity index (χ2n) is 7.74. The van der Waals surface area contributed by atoms with E-state index >= 15 is 0 Å². The highest BCUT2D eigenvalue weighted by Crippen LogP contribution is 2.39. The number of aryl methyl sites for hydroxylation is 1. The lowest BCUT2D eigenvalue weighted by Crippen LogP contribution is -2.25. The van der Waals surface area contributed by atoms with Crippen LogP contribution in [0.1, 0.15) is 54.7 Å². The van der Waals surface area contributed by atoms with Gasteiger partial charge in [-0.3, -0.25) is 9.59 Å². The third-order valence-corrected chi connectivity index (χ3v) is 4.54. The molecule has 1 aliphatic heterocycles. The smallest absolute Gasteiger partial charge is 0.316 e. The maximum absolute atomic E-state index is 12.7. The summed E-state index contributed by atoms with van der Waals surface area (Å²) in [7, 11) is 0. The van der Waals surface area contributed by atoms with Gasteiger partial charge in [-0.15, -0.1) is 0 Å². The molecule has 2 aromatic carbocycles. The molecule has 1 aliphatic rings. The van der Waals surface area contributed by atoms with E-state index in [-0.39, 0.29) is 17.5 Å². The monoisotopic (exact) mass is 364 g/mol. The van der Waals surface area contributed by atoms with Crippen molar-refractivity contribution in [2.45, 2.75) is 41.0 Å². The summed E-state index contributed by atoms with van der Waals surface area (Å²) >= 11 is 0. The van der Waals surface area contributed by atoms with Crippen LogP contribution in [0.4, 0.5) is 0 Å². The van der Waals surface area contributed by atoms with E-state index in [9.17, 15) is 9.59 Å². The lowest BCUT2D eigenvalue weighted by molar-refractivity contribution is -0.143. The number of hydrogen-bond donors (Lipinski definition) is 0. The molecule has 27 heavy (non-hydrogen) atoms. The number of ether oxygens (including phenoxy) is 2. The van der Waals surface area contributed by atoms with Crippen molar-refractivity contribution in [1.82, 2.24) is 0 Å². The third kappa shape index (κ3) is 3.80. The standard InChI is InChI=1S/C23H24O4/c1-6-15-7-9-16(10-8-15)13-19-20(24)17-11-12-18(14(2)21(17)26-19)27-22(25)23(3,4)5/h7-13H,6H2,1-5H3/b19-13-. The van der Waals surface area contributed by atoms with Crippen LogP contribution in [-0.4, -0.2) is 11.8 Å². The van der Waals surface area contributed by atoms with E-state index in [1.54, 1.807) is 45.9 Å². The quantitative estimate of drug-likeness (QED) is 0.431. The van der Waals surface area contributed by atoms with E-state index in [1.165, 1.54) is 5.56 Å². The average molecular weight is 364 g/mol. The van der Waals surface area contributed by atoms with Gasteiger partial charge >= 0.3 is 5.97 Å². The Balaban J connectivity index is 1.89. The number of Topliss-reactive ketones (excluding diaryl/α,β-unsaturated/α-hetero) is 1. The molecule has 0 aliphatic carbocycles. The molecule has 3 rings (SSSR count). The van der Waals surface area contributed by atoms with E-state index in [2.05, 4.69) is 6.92 Å². The molecule has 0 radical (unpaired) electrons. The molecule has 0 fully saturated rings. The first-order valence-corrected chi connectivity index (χ1v) is 9.09. The van der Waals surface area contributed by atoms with Gasteiger partial charge in [0.05, 0.1) is 11.0 Å². The van der Waals surface area contributed by atoms with Crippen molar-refractivity contribution in [2.24, 2.45) is 5.41 Å². The zero-order valence-electron chi connectivity index (χ0n) is 16.4. The number of carbonyl (C=O) groups excluding carboxylic acids is 2. The Morgan fingerprint density at radius 1 is 1.11 bits per heavy atom. The molecule has 2 aromatic rings. The molecule has 0 N–H and O–H groups in total. The van der Waals surface area contributed by atoms with Gasteiger partial charge < -0.3 is 9.47 Å². The number of fused-ring (bicyclic) bond motifs is 1. The second kappa shape index (κ2) is 7.03. The molecule has 4 heteroatoms. The minimum atomic E-state index is -0.613. The molecule has 0 saturated carbocycles. The van der Waals surface area contributed by atoms with Crippen LogP contribution in [0.15, 0.2) is 42.2 Å². The largest absolute Gasteiger partial charge is 0.452 e. The van der Waals surface area contributed by atoms with Crippen molar-refractivity contribution < 1.29 is 19.1 Å². The lowest BCUT2D eigenvalue weighted by atomic mass is 9.97. The SMILES string of the molecule is CCc1ccc(/C=C2\Oc3c(ccc(OC(=O)C(C)(C)C)c3C)C2=O)cc1. The highest BCUT2D eigenvalue weighted by molar-refractivity contribution is 6.15. The van der Waals surface area contributed by atoms with Crippen molar-refractivity contribution in [3.05, 3.63) is 64.4 Å². The van der Waals surface area contributed by atoms with Crippen molar-refractivity contribution in [3.63, 3.8) is 0 Å². The van der Waals surface area contributed by atoms with Crippen LogP contribution >= 0.6 is 0 Å². The predicted octanol–water partition coefficient (Wildman–Crippen LogP) is 5.13. The molecule has 0 amide bonds. The molecule has 1 heterocycles. The number of hydrogen-bond acceptors (Lipinski definition) is 4. The first-order valence-electron chi connectivity index (χ1n) is 9.09. The van der Waals surface area contributed by atoms with Gasteiger partial charge in [0, 0.05) is 5.56 Å². The van der Waals surface area contributed by atoms with Crippen LogP contribution in [0.3, 0.4) is 0 Å². The molecule has 0 spiro atoms. The zero-order valence-corrected chi connectivity index (χ0v) is 16.4. The van der Waals surface area contributed by atoms with E-state index in [0.717, 1.165) is 12.0 Å². The van der Waals surface area contributed by atoms with Crippen LogP contribution in [0.2, 0.25) is 0 Å². The van der Waals surface area contributed by atoms with Gasteiger partial charge in [0.15, 0.2) is 5.76 Å². The fourth-order valence-electron chi connectivity index (χ4n) is 2.73. The van der Waals surface area contributed by atoms with Gasteiger partial charge in [-0.2, -0.15) is 0 Å². The normalized spacial score (nSPS) is 14.9. The van der Waals surface area contributed by atoms with Crippen molar-refractivity contribution >= 4 is 17.8 Å². The number of benzene rings is 2. The number of ketones is 1. The Kier molecular flexibility index (Phi) is 4.92. The number of carbonyl (C=O) groups is 2. The molecule has 0 atom stereocenters. The highest BCUT2D eigenvalue weighted by Gasteiger charge is 2.31. The Morgan fingerprint density at radius 3 is 2.37 bits per heavy atom. The van der Waals surface area contributed by atoms with Gasteiger partial charge in [0.1, 0.15) is 11.5 Å². The van der Waals surface area contributed by atoms with Gasteiger partial charge in [0.25, 0.3) is 0 Å². The summed E-state index contributed by atoms with van der Waals surface area (Å²) in [6.07, 6.45) is 2.70. The molecule has 4 nitrogen and oxygen atoms in total. The Labute approximate surface area is 159 Å². The summed E-state index contributed by atoms with van der Waals surface area (Å²) < 4.78 is 11.3. The number of allylic oxidation sites excluding steroid dienone is 1. The number of esters is 1. The first-order chi connectivity index (χ1) is 12.7. The lowest BCUT2D eigenvalue weighted by Gasteiger charge is -2.17. The summed E-state index contributed by atoms with van der Waals surface area (Å²) in [6.45, 7) is 9.27. The van der Waals surface area contributed by atoms with Gasteiger partial charge in [-0.1, -0.05) is 31.2 Å². The predicted molar refractivity (Wildman–Crippen MR) is 105 cm³/mol. The van der Waals surface area contributed by atoms with E-state index in [4.69, 9.17) is 9.47 Å². The highest BCUT2D eigenvalue weighted by atomic mass is 16.5. The molecule has 140 valence electrons. The van der Waals surface area contributed by atoms with Gasteiger partial charge in [-0.05, 0) is 63.5 Å². The Hall–Kier alpha value is -2.88. The summed E-state index contributed by atoms with van der Waals surface area (Å²) in [5.41, 5.74) is 2.65. The van der Waals surface area contributed by atoms with Crippen LogP contribution < -0.4 is 9.47 Å². The average Bonchev–Trinajstić information content (AvgIpc) is 2.94. The molecule has 0 aromatic heterocycles. The van der Waals surface area contributed by atoms with Crippen molar-refractivity contribution in [3.8, 4) is 11.5 Å². The fraction of sp³-hybridized carbons (Fsp3) is 0.304. The summed E-state index contributed by atoms with van der Waals surface area (Å²) in [4.78, 5) is 24.8. The van der Waals surface area contributed by atoms with E-state index in [1.807, 2.05) is 24.3 Å². The van der Waals surface area contributed by atoms with Gasteiger partial charge in [-0.25, -0.2) is 0 Å². The van der Waals surface area contributed by atoms with Crippen molar-refractivity contribution in [1.29, 1.82) is 0 Å². The summed E-state index contributed by atoms with van der Waals surface area (Å²) in [5, 5.41) is 0. The van der Waals surface area contributed by atoms with Gasteiger partial charge in [0.2, 0.25) is 5.78 Å². The van der Waals surface area contributed by atoms with Crippen LogP contribution in [-0.2, 0) is 11.2 Å². The fourth-order valence-corrected chi connectivity index (χ4v) is 2.73. The zero-order chi connectivity index (χ0) is 19.8. The Bertz CT molecular complexity index is 928. The first kappa shape index (κ1) is 18.9. The summed E-state index contributed by atoms with van der Waals surface area (Å²) in [6, 6.07) is 11.3. The minimum Gasteiger partial charge on any atom is -0.452 e. The summed E-state index contributed by atoms with van der Waals surface area (Å²) in [5.74, 6) is 0.644. The second-order valence-corrected chi connectivity index (χ2v) is 7.74. The number of rotatable bonds is 3. The molecule has 0 bridgehead atoms. The maximum atomic E-state index is 12.7. The van der Waals surface area contributed by atoms with Crippen LogP contribution in [0.5, 0.6) is 11.5 Å². The van der Waals surface area contributed by atoms with Crippen molar-refractivity contribution in [2.75, 3.05) is 0 Å². The van der Waals surface area contributed by atoms with E-state index < -0.39 is 5.41 Å².